The van der Waals surface area contributed by atoms with Crippen LogP contribution in [0.5, 0.6) is 5.75 Å². The third-order valence-corrected chi connectivity index (χ3v) is 4.08. The highest BCUT2D eigenvalue weighted by Gasteiger charge is 2.16. The van der Waals surface area contributed by atoms with Crippen LogP contribution in [0.25, 0.3) is 0 Å². The van der Waals surface area contributed by atoms with E-state index in [-0.39, 0.29) is 0 Å². The highest BCUT2D eigenvalue weighted by Crippen LogP contribution is 2.33. The van der Waals surface area contributed by atoms with Crippen LogP contribution in [0.2, 0.25) is 5.02 Å². The third-order valence-electron chi connectivity index (χ3n) is 3.26. The van der Waals surface area contributed by atoms with E-state index in [1.165, 1.54) is 0 Å². The molecule has 4 heteroatoms. The number of aliphatic hydroxyl groups is 1. The lowest BCUT2D eigenvalue weighted by Gasteiger charge is -2.17. The summed E-state index contributed by atoms with van der Waals surface area (Å²) < 4.78 is 6.23. The fourth-order valence-electron chi connectivity index (χ4n) is 2.37. The lowest BCUT2D eigenvalue weighted by atomic mass is 9.97. The molecule has 0 aliphatic rings. The van der Waals surface area contributed by atoms with E-state index in [1.807, 2.05) is 38.1 Å². The van der Waals surface area contributed by atoms with E-state index in [2.05, 4.69) is 15.9 Å². The Bertz CT molecular complexity index is 617. The lowest BCUT2D eigenvalue weighted by molar-refractivity contribution is 0.220. The molecule has 2 aromatic rings. The molecule has 0 aliphatic carbocycles. The van der Waals surface area contributed by atoms with Gasteiger partial charge in [0.25, 0.3) is 0 Å². The zero-order chi connectivity index (χ0) is 14.9. The summed E-state index contributed by atoms with van der Waals surface area (Å²) >= 11 is 9.56. The van der Waals surface area contributed by atoms with Gasteiger partial charge in [-0.2, -0.15) is 0 Å². The van der Waals surface area contributed by atoms with Crippen LogP contribution >= 0.6 is 27.5 Å². The van der Waals surface area contributed by atoms with Crippen molar-refractivity contribution >= 4 is 27.5 Å². The Labute approximate surface area is 132 Å². The van der Waals surface area contributed by atoms with E-state index >= 15 is 0 Å². The molecule has 0 spiro atoms. The van der Waals surface area contributed by atoms with Crippen molar-refractivity contribution in [3.8, 4) is 5.75 Å². The van der Waals surface area contributed by atoms with Crippen molar-refractivity contribution in [3.63, 3.8) is 0 Å². The molecule has 0 aliphatic heterocycles. The lowest BCUT2D eigenvalue weighted by Crippen LogP contribution is -2.03. The van der Waals surface area contributed by atoms with Crippen molar-refractivity contribution < 1.29 is 9.84 Å². The van der Waals surface area contributed by atoms with Gasteiger partial charge in [-0.1, -0.05) is 33.6 Å². The maximum absolute atomic E-state index is 10.5. The summed E-state index contributed by atoms with van der Waals surface area (Å²) in [6, 6.07) is 9.33. The predicted octanol–water partition coefficient (Wildman–Crippen LogP) is 4.81. The van der Waals surface area contributed by atoms with Crippen molar-refractivity contribution in [1.82, 2.24) is 0 Å². The van der Waals surface area contributed by atoms with Crippen LogP contribution in [0.1, 0.15) is 28.4 Å². The van der Waals surface area contributed by atoms with E-state index < -0.39 is 6.10 Å². The van der Waals surface area contributed by atoms with Crippen LogP contribution in [-0.4, -0.2) is 12.2 Å². The first-order valence-electron chi connectivity index (χ1n) is 6.22. The zero-order valence-electron chi connectivity index (χ0n) is 11.6. The molecule has 2 rings (SSSR count). The first-order chi connectivity index (χ1) is 9.43. The number of aliphatic hydroxyl groups excluding tert-OH is 1. The van der Waals surface area contributed by atoms with Gasteiger partial charge >= 0.3 is 0 Å². The Kier molecular flexibility index (Phi) is 4.74. The maximum atomic E-state index is 10.5. The van der Waals surface area contributed by atoms with Crippen molar-refractivity contribution in [1.29, 1.82) is 0 Å². The number of hydrogen-bond acceptors (Lipinski definition) is 2. The largest absolute Gasteiger partial charge is 0.496 e. The van der Waals surface area contributed by atoms with Gasteiger partial charge in [-0.15, -0.1) is 0 Å². The molecule has 0 heterocycles. The molecule has 1 N–H and O–H groups in total. The molecule has 2 aromatic carbocycles. The highest BCUT2D eigenvalue weighted by atomic mass is 79.9. The van der Waals surface area contributed by atoms with E-state index in [0.29, 0.717) is 10.6 Å². The summed E-state index contributed by atoms with van der Waals surface area (Å²) in [6.07, 6.45) is -0.751. The molecular formula is C16H16BrClO2. The molecule has 0 saturated heterocycles. The summed E-state index contributed by atoms with van der Waals surface area (Å²) in [7, 11) is 1.65. The minimum atomic E-state index is -0.751. The Balaban J connectivity index is 2.45. The van der Waals surface area contributed by atoms with Crippen molar-refractivity contribution in [3.05, 3.63) is 62.1 Å². The van der Waals surface area contributed by atoms with Crippen LogP contribution in [0.4, 0.5) is 0 Å². The van der Waals surface area contributed by atoms with Crippen LogP contribution in [0.15, 0.2) is 34.8 Å². The van der Waals surface area contributed by atoms with Gasteiger partial charge in [0.15, 0.2) is 0 Å². The maximum Gasteiger partial charge on any atom is 0.124 e. The van der Waals surface area contributed by atoms with Gasteiger partial charge in [0.1, 0.15) is 11.9 Å². The molecular weight excluding hydrogens is 340 g/mol. The summed E-state index contributed by atoms with van der Waals surface area (Å²) in [5.74, 6) is 0.850. The van der Waals surface area contributed by atoms with Crippen molar-refractivity contribution in [2.24, 2.45) is 0 Å². The zero-order valence-corrected chi connectivity index (χ0v) is 13.9. The minimum absolute atomic E-state index is 0.540. The smallest absolute Gasteiger partial charge is 0.124 e. The van der Waals surface area contributed by atoms with Crippen molar-refractivity contribution in [2.75, 3.05) is 7.11 Å². The topological polar surface area (TPSA) is 29.5 Å². The second-order valence-corrected chi connectivity index (χ2v) is 6.08. The minimum Gasteiger partial charge on any atom is -0.496 e. The number of rotatable bonds is 3. The second-order valence-electron chi connectivity index (χ2n) is 4.76. The molecule has 0 aromatic heterocycles. The summed E-state index contributed by atoms with van der Waals surface area (Å²) in [4.78, 5) is 0. The monoisotopic (exact) mass is 354 g/mol. The number of methoxy groups -OCH3 is 1. The molecule has 1 atom stereocenters. The molecule has 20 heavy (non-hydrogen) atoms. The molecule has 0 saturated carbocycles. The molecule has 2 nitrogen and oxygen atoms in total. The molecule has 106 valence electrons. The van der Waals surface area contributed by atoms with Gasteiger partial charge in [0.05, 0.1) is 7.11 Å². The Morgan fingerprint density at radius 2 is 1.75 bits per heavy atom. The standard InChI is InChI=1S/C16H16BrClO2/c1-9-6-11(7-10(2)16(9)20-3)15(19)13-5-4-12(17)8-14(13)18/h4-8,15,19H,1-3H3. The molecule has 0 amide bonds. The number of halogens is 2. The Hall–Kier alpha value is -1.03. The number of aryl methyl sites for hydroxylation is 2. The fourth-order valence-corrected chi connectivity index (χ4v) is 3.14. The fraction of sp³-hybridized carbons (Fsp3) is 0.250. The second kappa shape index (κ2) is 6.17. The number of hydrogen-bond donors (Lipinski definition) is 1. The first-order valence-corrected chi connectivity index (χ1v) is 7.39. The molecule has 0 fully saturated rings. The van der Waals surface area contributed by atoms with Gasteiger partial charge < -0.3 is 9.84 Å². The average molecular weight is 356 g/mol. The van der Waals surface area contributed by atoms with Crippen LogP contribution in [-0.2, 0) is 0 Å². The molecule has 0 radical (unpaired) electrons. The van der Waals surface area contributed by atoms with E-state index in [1.54, 1.807) is 13.2 Å². The molecule has 0 bridgehead atoms. The Morgan fingerprint density at radius 3 is 2.25 bits per heavy atom. The molecule has 1 unspecified atom stereocenters. The van der Waals surface area contributed by atoms with Gasteiger partial charge in [-0.05, 0) is 54.8 Å². The average Bonchev–Trinajstić information content (AvgIpc) is 2.37. The van der Waals surface area contributed by atoms with E-state index in [0.717, 1.165) is 26.9 Å². The summed E-state index contributed by atoms with van der Waals surface area (Å²) in [5.41, 5.74) is 3.49. The van der Waals surface area contributed by atoms with E-state index in [9.17, 15) is 5.11 Å². The van der Waals surface area contributed by atoms with E-state index in [4.69, 9.17) is 16.3 Å². The summed E-state index contributed by atoms with van der Waals surface area (Å²) in [5, 5.41) is 11.1. The predicted molar refractivity (Wildman–Crippen MR) is 85.7 cm³/mol. The highest BCUT2D eigenvalue weighted by molar-refractivity contribution is 9.10. The quantitative estimate of drug-likeness (QED) is 0.856. The number of ether oxygens (including phenoxy) is 1. The first kappa shape index (κ1) is 15.4. The van der Waals surface area contributed by atoms with Gasteiger partial charge in [-0.3, -0.25) is 0 Å². The van der Waals surface area contributed by atoms with Crippen molar-refractivity contribution in [2.45, 2.75) is 20.0 Å². The van der Waals surface area contributed by atoms with Crippen LogP contribution in [0.3, 0.4) is 0 Å². The van der Waals surface area contributed by atoms with Crippen LogP contribution < -0.4 is 4.74 Å². The van der Waals surface area contributed by atoms with Gasteiger partial charge in [0, 0.05) is 15.1 Å². The third kappa shape index (κ3) is 3.00. The normalized spacial score (nSPS) is 12.3. The van der Waals surface area contributed by atoms with Gasteiger partial charge in [-0.25, -0.2) is 0 Å². The number of benzene rings is 2. The van der Waals surface area contributed by atoms with Crippen LogP contribution in [0, 0.1) is 13.8 Å². The van der Waals surface area contributed by atoms with Gasteiger partial charge in [0.2, 0.25) is 0 Å². The SMILES string of the molecule is COc1c(C)cc(C(O)c2ccc(Br)cc2Cl)cc1C. The summed E-state index contributed by atoms with van der Waals surface area (Å²) in [6.45, 7) is 3.93. The Morgan fingerprint density at radius 1 is 1.15 bits per heavy atom.